The van der Waals surface area contributed by atoms with Gasteiger partial charge in [0.15, 0.2) is 0 Å². The highest BCUT2D eigenvalue weighted by Crippen LogP contribution is 1.99. The summed E-state index contributed by atoms with van der Waals surface area (Å²) in [6.45, 7) is 5.19. The molecule has 0 rings (SSSR count). The van der Waals surface area contributed by atoms with E-state index in [1.807, 2.05) is 0 Å². The van der Waals surface area contributed by atoms with Crippen molar-refractivity contribution in [3.05, 3.63) is 4.91 Å². The van der Waals surface area contributed by atoms with Gasteiger partial charge in [-0.1, -0.05) is 0 Å². The molecule has 0 amide bonds. The summed E-state index contributed by atoms with van der Waals surface area (Å²) < 4.78 is 0. The van der Waals surface area contributed by atoms with Gasteiger partial charge in [-0.25, -0.2) is 0 Å². The molecule has 0 bridgehead atoms. The van der Waals surface area contributed by atoms with Crippen molar-refractivity contribution in [2.75, 3.05) is 0 Å². The summed E-state index contributed by atoms with van der Waals surface area (Å²) in [5, 5.41) is 5.62. The molecule has 0 aromatic heterocycles. The molecule has 0 saturated carbocycles. The second-order valence-electron chi connectivity index (χ2n) is 2.49. The predicted molar refractivity (Wildman–Crippen MR) is 37.2 cm³/mol. The molecule has 4 heteroatoms. The van der Waals surface area contributed by atoms with E-state index in [9.17, 15) is 4.91 Å². The van der Waals surface area contributed by atoms with Crippen molar-refractivity contribution in [2.24, 2.45) is 16.1 Å². The maximum Gasteiger partial charge on any atom is 0.0797 e. The van der Waals surface area contributed by atoms with E-state index >= 15 is 0 Å². The van der Waals surface area contributed by atoms with Crippen LogP contribution < -0.4 is 5.73 Å². The van der Waals surface area contributed by atoms with Crippen molar-refractivity contribution < 1.29 is 0 Å². The molecule has 4 nitrogen and oxygen atoms in total. The molecule has 9 heavy (non-hydrogen) atoms. The molecule has 0 aliphatic carbocycles. The molecule has 0 heterocycles. The number of nitrogens with zero attached hydrogens (tertiary/aromatic N) is 2. The molecule has 0 aliphatic rings. The van der Waals surface area contributed by atoms with Gasteiger partial charge in [0.05, 0.1) is 16.5 Å². The fourth-order valence-corrected chi connectivity index (χ4v) is 0.190. The van der Waals surface area contributed by atoms with Gasteiger partial charge in [0, 0.05) is 0 Å². The molecule has 0 aliphatic heterocycles. The van der Waals surface area contributed by atoms with Gasteiger partial charge in [-0.05, 0) is 20.8 Å². The number of hydrogen-bond acceptors (Lipinski definition) is 3. The van der Waals surface area contributed by atoms with Gasteiger partial charge in [0.25, 0.3) is 0 Å². The maximum atomic E-state index is 9.57. The second kappa shape index (κ2) is 2.68. The minimum absolute atomic E-state index is 0.534. The second-order valence-corrected chi connectivity index (χ2v) is 2.49. The Hall–Kier alpha value is -0.770. The number of nitrogens with two attached hydrogens (primary N) is 1. The molecule has 0 aromatic rings. The first-order chi connectivity index (χ1) is 3.98. The number of nitroso groups, excluding NO2 is 1. The summed E-state index contributed by atoms with van der Waals surface area (Å²) in [5.74, 6) is 0. The summed E-state index contributed by atoms with van der Waals surface area (Å²) in [5.41, 5.74) is 5.54. The topological polar surface area (TPSA) is 67.8 Å². The van der Waals surface area contributed by atoms with E-state index in [1.165, 1.54) is 0 Å². The Morgan fingerprint density at radius 2 is 2.00 bits per heavy atom. The van der Waals surface area contributed by atoms with Crippen LogP contribution in [0.5, 0.6) is 0 Å². The summed E-state index contributed by atoms with van der Waals surface area (Å²) in [4.78, 5) is 9.57. The van der Waals surface area contributed by atoms with E-state index in [-0.39, 0.29) is 0 Å². The minimum Gasteiger partial charge on any atom is -0.321 e. The van der Waals surface area contributed by atoms with Crippen molar-refractivity contribution >= 4 is 5.71 Å². The lowest BCUT2D eigenvalue weighted by atomic mass is 10.0. The third-order valence-electron chi connectivity index (χ3n) is 1.12. The fraction of sp³-hybridized carbons (Fsp3) is 0.800. The first-order valence-electron chi connectivity index (χ1n) is 2.64. The van der Waals surface area contributed by atoms with Gasteiger partial charge in [-0.2, -0.15) is 0 Å². The van der Waals surface area contributed by atoms with Crippen LogP contribution in [0.15, 0.2) is 10.4 Å². The normalized spacial score (nSPS) is 13.6. The highest BCUT2D eigenvalue weighted by atomic mass is 16.3. The van der Waals surface area contributed by atoms with Crippen LogP contribution in [0, 0.1) is 4.91 Å². The van der Waals surface area contributed by atoms with Crippen molar-refractivity contribution in [1.82, 2.24) is 0 Å². The van der Waals surface area contributed by atoms with Crippen molar-refractivity contribution in [3.63, 3.8) is 0 Å². The molecule has 0 spiro atoms. The third kappa shape index (κ3) is 2.92. The molecule has 52 valence electrons. The first-order valence-corrected chi connectivity index (χ1v) is 2.64. The van der Waals surface area contributed by atoms with Gasteiger partial charge < -0.3 is 5.73 Å². The average Bonchev–Trinajstić information content (AvgIpc) is 1.64. The van der Waals surface area contributed by atoms with Crippen molar-refractivity contribution in [2.45, 2.75) is 26.3 Å². The van der Waals surface area contributed by atoms with E-state index in [4.69, 9.17) is 5.73 Å². The molecule has 0 saturated heterocycles. The van der Waals surface area contributed by atoms with Crippen LogP contribution in [0.3, 0.4) is 0 Å². The molecular weight excluding hydrogens is 118 g/mol. The maximum absolute atomic E-state index is 9.57. The molecule has 0 radical (unpaired) electrons. The lowest BCUT2D eigenvalue weighted by Crippen LogP contribution is -2.39. The standard InChI is InChI=1S/C5H11N3O/c1-4(7-8-9)5(2,3)6/h6H2,1-3H3/b7-4+. The fourth-order valence-electron chi connectivity index (χ4n) is 0.190. The van der Waals surface area contributed by atoms with E-state index in [0.717, 1.165) is 0 Å². The predicted octanol–water partition coefficient (Wildman–Crippen LogP) is 0.866. The van der Waals surface area contributed by atoms with Gasteiger partial charge in [-0.15, -0.1) is 10.0 Å². The molecule has 0 unspecified atom stereocenters. The zero-order chi connectivity index (χ0) is 7.49. The number of hydrogen-bond donors (Lipinski definition) is 1. The Labute approximate surface area is 54.1 Å². The Morgan fingerprint density at radius 3 is 2.11 bits per heavy atom. The quantitative estimate of drug-likeness (QED) is 0.341. The van der Waals surface area contributed by atoms with Crippen LogP contribution in [-0.2, 0) is 0 Å². The van der Waals surface area contributed by atoms with E-state index in [1.54, 1.807) is 20.8 Å². The van der Waals surface area contributed by atoms with Crippen LogP contribution in [-0.4, -0.2) is 11.3 Å². The SMILES string of the molecule is C/C(=N\N=O)C(C)(C)N. The monoisotopic (exact) mass is 129 g/mol. The Kier molecular flexibility index (Phi) is 2.45. The van der Waals surface area contributed by atoms with Crippen LogP contribution in [0.1, 0.15) is 20.8 Å². The molecule has 0 aromatic carbocycles. The highest BCUT2D eigenvalue weighted by molar-refractivity contribution is 5.90. The Bertz CT molecular complexity index is 134. The minimum atomic E-state index is -0.534. The number of rotatable bonds is 2. The zero-order valence-corrected chi connectivity index (χ0v) is 5.88. The smallest absolute Gasteiger partial charge is 0.0797 e. The van der Waals surface area contributed by atoms with E-state index in [0.29, 0.717) is 5.71 Å². The average molecular weight is 129 g/mol. The summed E-state index contributed by atoms with van der Waals surface area (Å²) in [6, 6.07) is 0. The van der Waals surface area contributed by atoms with Crippen LogP contribution >= 0.6 is 0 Å². The molecule has 0 atom stereocenters. The van der Waals surface area contributed by atoms with E-state index in [2.05, 4.69) is 10.4 Å². The third-order valence-corrected chi connectivity index (χ3v) is 1.12. The Morgan fingerprint density at radius 1 is 1.56 bits per heavy atom. The van der Waals surface area contributed by atoms with Crippen molar-refractivity contribution in [3.8, 4) is 0 Å². The zero-order valence-electron chi connectivity index (χ0n) is 5.88. The molecular formula is C5H11N3O. The van der Waals surface area contributed by atoms with Gasteiger partial charge in [-0.3, -0.25) is 0 Å². The highest BCUT2D eigenvalue weighted by Gasteiger charge is 2.14. The lowest BCUT2D eigenvalue weighted by Gasteiger charge is -2.15. The van der Waals surface area contributed by atoms with Crippen LogP contribution in [0.4, 0.5) is 0 Å². The van der Waals surface area contributed by atoms with Gasteiger partial charge in [0.1, 0.15) is 0 Å². The van der Waals surface area contributed by atoms with Crippen LogP contribution in [0.25, 0.3) is 0 Å². The summed E-state index contributed by atoms with van der Waals surface area (Å²) >= 11 is 0. The lowest BCUT2D eigenvalue weighted by molar-refractivity contribution is 0.691. The molecule has 2 N–H and O–H groups in total. The van der Waals surface area contributed by atoms with Gasteiger partial charge >= 0.3 is 0 Å². The van der Waals surface area contributed by atoms with Gasteiger partial charge in [0.2, 0.25) is 0 Å². The first kappa shape index (κ1) is 8.23. The molecule has 0 fully saturated rings. The summed E-state index contributed by atoms with van der Waals surface area (Å²) in [7, 11) is 0. The van der Waals surface area contributed by atoms with Crippen LogP contribution in [0.2, 0.25) is 0 Å². The Balaban J connectivity index is 4.19. The van der Waals surface area contributed by atoms with E-state index < -0.39 is 5.54 Å². The summed E-state index contributed by atoms with van der Waals surface area (Å²) in [6.07, 6.45) is 0. The largest absolute Gasteiger partial charge is 0.321 e. The van der Waals surface area contributed by atoms with Crippen molar-refractivity contribution in [1.29, 1.82) is 0 Å².